The minimum absolute atomic E-state index is 0.0487. The fraction of sp³-hybridized carbons (Fsp3) is 0.375. The molecule has 1 amide bonds. The summed E-state index contributed by atoms with van der Waals surface area (Å²) in [6.45, 7) is 6.54. The average Bonchev–Trinajstić information content (AvgIpc) is 3.08. The molecule has 1 N–H and O–H groups in total. The minimum Gasteiger partial charge on any atom is -0.325 e. The van der Waals surface area contributed by atoms with E-state index in [4.69, 9.17) is 9.97 Å². The number of nitrogens with zero attached hydrogens (tertiary/aromatic N) is 2. The second-order valence-electron chi connectivity index (χ2n) is 8.67. The van der Waals surface area contributed by atoms with Gasteiger partial charge in [0.15, 0.2) is 0 Å². The van der Waals surface area contributed by atoms with Crippen LogP contribution in [0.4, 0.5) is 5.69 Å². The average molecular weight is 371 g/mol. The van der Waals surface area contributed by atoms with Crippen molar-refractivity contribution in [3.05, 3.63) is 65.5 Å². The molecular weight excluding hydrogens is 346 g/mol. The van der Waals surface area contributed by atoms with Gasteiger partial charge in [0.25, 0.3) is 0 Å². The van der Waals surface area contributed by atoms with Gasteiger partial charge in [0.2, 0.25) is 5.91 Å². The zero-order valence-corrected chi connectivity index (χ0v) is 16.6. The van der Waals surface area contributed by atoms with Crippen LogP contribution in [-0.2, 0) is 16.6 Å². The standard InChI is InChI=1S/C24H25N3O/c1-4-15-9-11-16(12-10-15)25-22(28)24-14-13-17(23(24,2)3)20-21(24)27-19-8-6-5-7-18(19)26-20/h5-12,17H,4,13-14H2,1-3H3,(H,25,28). The van der Waals surface area contributed by atoms with Crippen molar-refractivity contribution < 1.29 is 4.79 Å². The molecule has 2 aliphatic rings. The van der Waals surface area contributed by atoms with Gasteiger partial charge in [0.05, 0.1) is 27.8 Å². The van der Waals surface area contributed by atoms with Crippen LogP contribution in [-0.4, -0.2) is 15.9 Å². The van der Waals surface area contributed by atoms with Gasteiger partial charge in [-0.3, -0.25) is 4.79 Å². The van der Waals surface area contributed by atoms with Crippen LogP contribution in [0.2, 0.25) is 0 Å². The smallest absolute Gasteiger partial charge is 0.237 e. The van der Waals surface area contributed by atoms with Crippen molar-refractivity contribution in [1.29, 1.82) is 0 Å². The molecular formula is C24H25N3O. The quantitative estimate of drug-likeness (QED) is 0.706. The Morgan fingerprint density at radius 2 is 1.75 bits per heavy atom. The van der Waals surface area contributed by atoms with Crippen LogP contribution < -0.4 is 5.32 Å². The third kappa shape index (κ3) is 2.15. The van der Waals surface area contributed by atoms with E-state index < -0.39 is 5.41 Å². The minimum atomic E-state index is -0.631. The molecule has 1 aromatic heterocycles. The maximum absolute atomic E-state index is 13.7. The van der Waals surface area contributed by atoms with Crippen LogP contribution in [0.5, 0.6) is 0 Å². The number of nitrogens with one attached hydrogen (secondary N) is 1. The van der Waals surface area contributed by atoms with Gasteiger partial charge in [-0.15, -0.1) is 0 Å². The first-order valence-electron chi connectivity index (χ1n) is 10.1. The molecule has 1 fully saturated rings. The number of benzene rings is 2. The first kappa shape index (κ1) is 17.4. The van der Waals surface area contributed by atoms with E-state index in [2.05, 4.69) is 38.2 Å². The number of amides is 1. The monoisotopic (exact) mass is 371 g/mol. The predicted octanol–water partition coefficient (Wildman–Crippen LogP) is 4.99. The summed E-state index contributed by atoms with van der Waals surface area (Å²) >= 11 is 0. The normalized spacial score (nSPS) is 24.3. The summed E-state index contributed by atoms with van der Waals surface area (Å²) in [5.41, 5.74) is 4.95. The summed E-state index contributed by atoms with van der Waals surface area (Å²) in [5, 5.41) is 3.19. The fourth-order valence-corrected chi connectivity index (χ4v) is 5.39. The molecule has 4 heteroatoms. The number of carbonyl (C=O) groups is 1. The van der Waals surface area contributed by atoms with Gasteiger partial charge < -0.3 is 5.32 Å². The molecule has 2 bridgehead atoms. The Hall–Kier alpha value is -2.75. The lowest BCUT2D eigenvalue weighted by Crippen LogP contribution is -2.46. The van der Waals surface area contributed by atoms with Crippen molar-refractivity contribution in [3.63, 3.8) is 0 Å². The van der Waals surface area contributed by atoms with Crippen molar-refractivity contribution >= 4 is 22.6 Å². The number of aromatic nitrogens is 2. The highest BCUT2D eigenvalue weighted by atomic mass is 16.2. The highest BCUT2D eigenvalue weighted by Crippen LogP contribution is 2.67. The van der Waals surface area contributed by atoms with Crippen molar-refractivity contribution in [2.45, 2.75) is 51.4 Å². The Bertz CT molecular complexity index is 1090. The molecule has 0 aliphatic heterocycles. The van der Waals surface area contributed by atoms with Crippen LogP contribution >= 0.6 is 0 Å². The summed E-state index contributed by atoms with van der Waals surface area (Å²) in [4.78, 5) is 23.6. The molecule has 5 rings (SSSR count). The number of para-hydroxylation sites is 2. The summed E-state index contributed by atoms with van der Waals surface area (Å²) in [5.74, 6) is 0.320. The Kier molecular flexibility index (Phi) is 3.64. The first-order valence-corrected chi connectivity index (χ1v) is 10.1. The highest BCUT2D eigenvalue weighted by Gasteiger charge is 2.67. The van der Waals surface area contributed by atoms with E-state index in [1.54, 1.807) is 0 Å². The van der Waals surface area contributed by atoms with Crippen LogP contribution in [0.15, 0.2) is 48.5 Å². The van der Waals surface area contributed by atoms with E-state index in [9.17, 15) is 4.79 Å². The number of fused-ring (bicyclic) bond motifs is 6. The van der Waals surface area contributed by atoms with E-state index in [-0.39, 0.29) is 17.2 Å². The van der Waals surface area contributed by atoms with Gasteiger partial charge in [-0.25, -0.2) is 9.97 Å². The van der Waals surface area contributed by atoms with Crippen molar-refractivity contribution in [3.8, 4) is 0 Å². The van der Waals surface area contributed by atoms with Crippen LogP contribution in [0.25, 0.3) is 11.0 Å². The van der Waals surface area contributed by atoms with E-state index in [0.717, 1.165) is 47.4 Å². The second-order valence-corrected chi connectivity index (χ2v) is 8.67. The Morgan fingerprint density at radius 1 is 1.07 bits per heavy atom. The maximum atomic E-state index is 13.7. The summed E-state index contributed by atoms with van der Waals surface area (Å²) < 4.78 is 0. The Labute approximate surface area is 165 Å². The summed E-state index contributed by atoms with van der Waals surface area (Å²) in [6, 6.07) is 16.1. The third-order valence-corrected chi connectivity index (χ3v) is 7.12. The van der Waals surface area contributed by atoms with Gasteiger partial charge in [-0.1, -0.05) is 45.0 Å². The Balaban J connectivity index is 1.61. The van der Waals surface area contributed by atoms with E-state index in [0.29, 0.717) is 0 Å². The van der Waals surface area contributed by atoms with Gasteiger partial charge in [-0.05, 0) is 54.5 Å². The lowest BCUT2D eigenvalue weighted by molar-refractivity contribution is -0.124. The summed E-state index contributed by atoms with van der Waals surface area (Å²) in [6.07, 6.45) is 2.79. The number of hydrogen-bond donors (Lipinski definition) is 1. The van der Waals surface area contributed by atoms with E-state index in [1.165, 1.54) is 5.56 Å². The van der Waals surface area contributed by atoms with Crippen LogP contribution in [0, 0.1) is 5.41 Å². The molecule has 2 atom stereocenters. The lowest BCUT2D eigenvalue weighted by atomic mass is 9.67. The maximum Gasteiger partial charge on any atom is 0.237 e. The number of carbonyl (C=O) groups excluding carboxylic acids is 1. The van der Waals surface area contributed by atoms with Crippen molar-refractivity contribution in [2.24, 2.45) is 5.41 Å². The van der Waals surface area contributed by atoms with Gasteiger partial charge in [0.1, 0.15) is 0 Å². The zero-order chi connectivity index (χ0) is 19.5. The topological polar surface area (TPSA) is 54.9 Å². The van der Waals surface area contributed by atoms with Gasteiger partial charge in [-0.2, -0.15) is 0 Å². The second kappa shape index (κ2) is 5.87. The molecule has 1 saturated carbocycles. The molecule has 2 aliphatic carbocycles. The largest absolute Gasteiger partial charge is 0.325 e. The molecule has 28 heavy (non-hydrogen) atoms. The van der Waals surface area contributed by atoms with Crippen molar-refractivity contribution in [1.82, 2.24) is 9.97 Å². The predicted molar refractivity (Wildman–Crippen MR) is 111 cm³/mol. The Morgan fingerprint density at radius 3 is 2.43 bits per heavy atom. The fourth-order valence-electron chi connectivity index (χ4n) is 5.39. The van der Waals surface area contributed by atoms with Gasteiger partial charge in [0, 0.05) is 11.6 Å². The van der Waals surface area contributed by atoms with Gasteiger partial charge >= 0.3 is 0 Å². The van der Waals surface area contributed by atoms with Crippen molar-refractivity contribution in [2.75, 3.05) is 5.32 Å². The molecule has 2 unspecified atom stereocenters. The number of rotatable bonds is 3. The molecule has 142 valence electrons. The van der Waals surface area contributed by atoms with E-state index in [1.807, 2.05) is 36.4 Å². The zero-order valence-electron chi connectivity index (χ0n) is 16.6. The first-order chi connectivity index (χ1) is 13.5. The molecule has 0 radical (unpaired) electrons. The van der Waals surface area contributed by atoms with E-state index >= 15 is 0 Å². The highest BCUT2D eigenvalue weighted by molar-refractivity contribution is 6.01. The molecule has 0 spiro atoms. The number of hydrogen-bond acceptors (Lipinski definition) is 3. The number of aryl methyl sites for hydroxylation is 1. The SMILES string of the molecule is CCc1ccc(NC(=O)C23CCC(c4nc5ccccc5nc42)C3(C)C)cc1. The molecule has 3 aromatic rings. The van der Waals surface area contributed by atoms with Crippen LogP contribution in [0.1, 0.15) is 56.5 Å². The number of anilines is 1. The molecule has 4 nitrogen and oxygen atoms in total. The third-order valence-electron chi connectivity index (χ3n) is 7.12. The van der Waals surface area contributed by atoms with Crippen LogP contribution in [0.3, 0.4) is 0 Å². The molecule has 1 heterocycles. The lowest BCUT2D eigenvalue weighted by Gasteiger charge is -2.36. The molecule has 0 saturated heterocycles. The molecule has 2 aromatic carbocycles. The summed E-state index contributed by atoms with van der Waals surface area (Å²) in [7, 11) is 0.